The van der Waals surface area contributed by atoms with E-state index in [2.05, 4.69) is 5.32 Å². The Morgan fingerprint density at radius 1 is 0.923 bits per heavy atom. The molecule has 0 saturated carbocycles. The van der Waals surface area contributed by atoms with Gasteiger partial charge in [0.1, 0.15) is 11.5 Å². The van der Waals surface area contributed by atoms with Gasteiger partial charge in [-0.25, -0.2) is 0 Å². The van der Waals surface area contributed by atoms with E-state index in [9.17, 15) is 4.79 Å². The van der Waals surface area contributed by atoms with Crippen molar-refractivity contribution in [1.82, 2.24) is 5.32 Å². The summed E-state index contributed by atoms with van der Waals surface area (Å²) in [5, 5.41) is 5.21. The number of carbonyl (C=O) groups is 1. The number of ether oxygens (including phenoxy) is 2. The molecule has 0 fully saturated rings. The molecular formula is C22H23NO3. The molecule has 3 rings (SSSR count). The van der Waals surface area contributed by atoms with Crippen molar-refractivity contribution in [2.75, 3.05) is 7.11 Å². The highest BCUT2D eigenvalue weighted by Crippen LogP contribution is 2.25. The van der Waals surface area contributed by atoms with Crippen molar-refractivity contribution in [2.45, 2.75) is 26.0 Å². The monoisotopic (exact) mass is 349 g/mol. The topological polar surface area (TPSA) is 47.6 Å². The predicted molar refractivity (Wildman–Crippen MR) is 104 cm³/mol. The molecule has 0 bridgehead atoms. The van der Waals surface area contributed by atoms with Gasteiger partial charge in [0.25, 0.3) is 5.91 Å². The van der Waals surface area contributed by atoms with Crippen LogP contribution >= 0.6 is 0 Å². The number of rotatable bonds is 6. The highest BCUT2D eigenvalue weighted by molar-refractivity contribution is 5.84. The van der Waals surface area contributed by atoms with Gasteiger partial charge in [-0.2, -0.15) is 0 Å². The van der Waals surface area contributed by atoms with Crippen LogP contribution in [0.15, 0.2) is 66.7 Å². The number of carbonyl (C=O) groups excluding carboxylic acids is 1. The van der Waals surface area contributed by atoms with Gasteiger partial charge < -0.3 is 14.8 Å². The molecule has 0 saturated heterocycles. The van der Waals surface area contributed by atoms with E-state index in [4.69, 9.17) is 9.47 Å². The van der Waals surface area contributed by atoms with Crippen LogP contribution in [0.1, 0.15) is 25.5 Å². The van der Waals surface area contributed by atoms with Gasteiger partial charge in [-0.05, 0) is 42.8 Å². The van der Waals surface area contributed by atoms with Gasteiger partial charge >= 0.3 is 0 Å². The van der Waals surface area contributed by atoms with Crippen LogP contribution in [-0.4, -0.2) is 19.1 Å². The summed E-state index contributed by atoms with van der Waals surface area (Å²) < 4.78 is 11.2. The molecule has 0 spiro atoms. The molecule has 0 aliphatic carbocycles. The highest BCUT2D eigenvalue weighted by atomic mass is 16.5. The Morgan fingerprint density at radius 3 is 2.38 bits per heavy atom. The average Bonchev–Trinajstić information content (AvgIpc) is 2.67. The maximum atomic E-state index is 12.5. The molecule has 3 aromatic rings. The zero-order valence-electron chi connectivity index (χ0n) is 15.2. The first-order chi connectivity index (χ1) is 12.6. The largest absolute Gasteiger partial charge is 0.496 e. The molecule has 0 heterocycles. The standard InChI is InChI=1S/C22H23NO3/c1-15(20-10-6-7-11-21(20)25-3)23-22(24)16(2)26-19-13-12-17-8-4-5-9-18(17)14-19/h4-16H,1-3H3,(H,23,24)/t15-,16-/m1/s1. The number of benzene rings is 3. The molecule has 0 aliphatic rings. The minimum absolute atomic E-state index is 0.170. The minimum Gasteiger partial charge on any atom is -0.496 e. The van der Waals surface area contributed by atoms with Crippen molar-refractivity contribution in [2.24, 2.45) is 0 Å². The van der Waals surface area contributed by atoms with Crippen LogP contribution in [0.5, 0.6) is 11.5 Å². The second-order valence-electron chi connectivity index (χ2n) is 6.24. The van der Waals surface area contributed by atoms with Crippen LogP contribution in [-0.2, 0) is 4.79 Å². The lowest BCUT2D eigenvalue weighted by molar-refractivity contribution is -0.127. The first kappa shape index (κ1) is 17.8. The van der Waals surface area contributed by atoms with Crippen LogP contribution in [0.3, 0.4) is 0 Å². The van der Waals surface area contributed by atoms with Crippen molar-refractivity contribution in [3.63, 3.8) is 0 Å². The molecular weight excluding hydrogens is 326 g/mol. The fourth-order valence-corrected chi connectivity index (χ4v) is 2.93. The zero-order valence-corrected chi connectivity index (χ0v) is 15.2. The number of fused-ring (bicyclic) bond motifs is 1. The van der Waals surface area contributed by atoms with E-state index >= 15 is 0 Å². The Hall–Kier alpha value is -3.01. The normalized spacial score (nSPS) is 13.0. The van der Waals surface area contributed by atoms with E-state index in [1.807, 2.05) is 73.7 Å². The first-order valence-electron chi connectivity index (χ1n) is 8.67. The third kappa shape index (κ3) is 3.97. The van der Waals surface area contributed by atoms with Gasteiger partial charge in [0.15, 0.2) is 6.10 Å². The minimum atomic E-state index is -0.603. The van der Waals surface area contributed by atoms with Gasteiger partial charge in [0.2, 0.25) is 0 Å². The molecule has 0 aliphatic heterocycles. The summed E-state index contributed by atoms with van der Waals surface area (Å²) in [6.07, 6.45) is -0.603. The second-order valence-corrected chi connectivity index (χ2v) is 6.24. The average molecular weight is 349 g/mol. The van der Waals surface area contributed by atoms with E-state index in [1.54, 1.807) is 14.0 Å². The summed E-state index contributed by atoms with van der Waals surface area (Å²) >= 11 is 0. The molecule has 3 aromatic carbocycles. The SMILES string of the molecule is COc1ccccc1[C@@H](C)NC(=O)[C@@H](C)Oc1ccc2ccccc2c1. The summed E-state index contributed by atoms with van der Waals surface area (Å²) in [6, 6.07) is 21.4. The van der Waals surface area contributed by atoms with Crippen molar-refractivity contribution in [3.05, 3.63) is 72.3 Å². The fraction of sp³-hybridized carbons (Fsp3) is 0.227. The Bertz CT molecular complexity index is 907. The molecule has 0 aromatic heterocycles. The maximum Gasteiger partial charge on any atom is 0.261 e. The molecule has 0 radical (unpaired) electrons. The quantitative estimate of drug-likeness (QED) is 0.713. The molecule has 2 atom stereocenters. The van der Waals surface area contributed by atoms with E-state index < -0.39 is 6.10 Å². The summed E-state index contributed by atoms with van der Waals surface area (Å²) in [6.45, 7) is 3.68. The van der Waals surface area contributed by atoms with E-state index in [1.165, 1.54) is 0 Å². The molecule has 26 heavy (non-hydrogen) atoms. The number of hydrogen-bond donors (Lipinski definition) is 1. The van der Waals surface area contributed by atoms with Gasteiger partial charge in [0.05, 0.1) is 13.2 Å². The summed E-state index contributed by atoms with van der Waals surface area (Å²) in [5.74, 6) is 1.26. The van der Waals surface area contributed by atoms with Gasteiger partial charge in [-0.15, -0.1) is 0 Å². The molecule has 1 N–H and O–H groups in total. The summed E-state index contributed by atoms with van der Waals surface area (Å²) in [4.78, 5) is 12.5. The summed E-state index contributed by atoms with van der Waals surface area (Å²) in [5.41, 5.74) is 0.932. The number of amides is 1. The second kappa shape index (κ2) is 7.91. The molecule has 134 valence electrons. The van der Waals surface area contributed by atoms with E-state index in [-0.39, 0.29) is 11.9 Å². The van der Waals surface area contributed by atoms with Crippen LogP contribution in [0.25, 0.3) is 10.8 Å². The number of methoxy groups -OCH3 is 1. The Labute approximate surface area is 153 Å². The van der Waals surface area contributed by atoms with Crippen LogP contribution < -0.4 is 14.8 Å². The van der Waals surface area contributed by atoms with Gasteiger partial charge in [0, 0.05) is 5.56 Å². The van der Waals surface area contributed by atoms with Crippen molar-refractivity contribution >= 4 is 16.7 Å². The lowest BCUT2D eigenvalue weighted by Crippen LogP contribution is -2.37. The Morgan fingerprint density at radius 2 is 1.62 bits per heavy atom. The lowest BCUT2D eigenvalue weighted by Gasteiger charge is -2.20. The smallest absolute Gasteiger partial charge is 0.261 e. The van der Waals surface area contributed by atoms with Crippen molar-refractivity contribution < 1.29 is 14.3 Å². The number of hydrogen-bond acceptors (Lipinski definition) is 3. The number of para-hydroxylation sites is 1. The maximum absolute atomic E-state index is 12.5. The lowest BCUT2D eigenvalue weighted by atomic mass is 10.1. The fourth-order valence-electron chi connectivity index (χ4n) is 2.93. The van der Waals surface area contributed by atoms with E-state index in [0.29, 0.717) is 5.75 Å². The molecule has 4 heteroatoms. The molecule has 0 unspecified atom stereocenters. The van der Waals surface area contributed by atoms with Crippen LogP contribution in [0, 0.1) is 0 Å². The highest BCUT2D eigenvalue weighted by Gasteiger charge is 2.19. The zero-order chi connectivity index (χ0) is 18.5. The van der Waals surface area contributed by atoms with Crippen molar-refractivity contribution in [1.29, 1.82) is 0 Å². The Balaban J connectivity index is 1.67. The van der Waals surface area contributed by atoms with Gasteiger partial charge in [-0.3, -0.25) is 4.79 Å². The van der Waals surface area contributed by atoms with Crippen molar-refractivity contribution in [3.8, 4) is 11.5 Å². The first-order valence-corrected chi connectivity index (χ1v) is 8.67. The third-order valence-corrected chi connectivity index (χ3v) is 4.37. The number of nitrogens with one attached hydrogen (secondary N) is 1. The molecule has 1 amide bonds. The van der Waals surface area contributed by atoms with Crippen LogP contribution in [0.4, 0.5) is 0 Å². The third-order valence-electron chi connectivity index (χ3n) is 4.37. The Kier molecular flexibility index (Phi) is 5.42. The molecule has 4 nitrogen and oxygen atoms in total. The predicted octanol–water partition coefficient (Wildman–Crippen LogP) is 4.49. The summed E-state index contributed by atoms with van der Waals surface area (Å²) in [7, 11) is 1.62. The van der Waals surface area contributed by atoms with Crippen LogP contribution in [0.2, 0.25) is 0 Å². The van der Waals surface area contributed by atoms with E-state index in [0.717, 1.165) is 22.1 Å². The van der Waals surface area contributed by atoms with Gasteiger partial charge in [-0.1, -0.05) is 48.5 Å².